The number of fused-ring (bicyclic) bond motifs is 2. The Hall–Kier alpha value is -0.980. The fourth-order valence-corrected chi connectivity index (χ4v) is 9.33. The molecule has 1 N–H and O–H groups in total. The molecule has 11 atom stereocenters. The van der Waals surface area contributed by atoms with E-state index in [9.17, 15) is 14.7 Å². The number of hydrogen-bond donors (Lipinski definition) is 1. The Bertz CT molecular complexity index is 833. The summed E-state index contributed by atoms with van der Waals surface area (Å²) in [6, 6.07) is 0. The number of rotatable bonds is 4. The minimum absolute atomic E-state index is 0.0164. The highest BCUT2D eigenvalue weighted by molar-refractivity contribution is 5.88. The second kappa shape index (κ2) is 9.09. The number of ketones is 1. The molecule has 0 unspecified atom stereocenters. The van der Waals surface area contributed by atoms with Crippen molar-refractivity contribution in [3.63, 3.8) is 0 Å². The van der Waals surface area contributed by atoms with E-state index < -0.39 is 5.79 Å². The van der Waals surface area contributed by atoms with Gasteiger partial charge in [0.05, 0.1) is 12.7 Å². The molecule has 35 heavy (non-hydrogen) atoms. The summed E-state index contributed by atoms with van der Waals surface area (Å²) in [5.74, 6) is 1.34. The van der Waals surface area contributed by atoms with Gasteiger partial charge in [0.15, 0.2) is 5.79 Å². The van der Waals surface area contributed by atoms with Crippen LogP contribution in [0.15, 0.2) is 0 Å². The third-order valence-corrected chi connectivity index (χ3v) is 11.3. The maximum atomic E-state index is 14.2. The maximum Gasteiger partial charge on any atom is 0.302 e. The maximum absolute atomic E-state index is 14.2. The van der Waals surface area contributed by atoms with E-state index in [1.165, 1.54) is 6.92 Å². The first-order valence-corrected chi connectivity index (χ1v) is 14.2. The van der Waals surface area contributed by atoms with E-state index in [2.05, 4.69) is 27.7 Å². The van der Waals surface area contributed by atoms with Crippen molar-refractivity contribution in [2.45, 2.75) is 110 Å². The summed E-state index contributed by atoms with van der Waals surface area (Å²) < 4.78 is 18.7. The minimum atomic E-state index is -0.494. The van der Waals surface area contributed by atoms with E-state index in [0.29, 0.717) is 24.0 Å². The number of aliphatic hydroxyl groups is 1. The molecule has 6 heteroatoms. The van der Waals surface area contributed by atoms with Crippen LogP contribution < -0.4 is 0 Å². The summed E-state index contributed by atoms with van der Waals surface area (Å²) in [5.41, 5.74) is -0.485. The summed E-state index contributed by atoms with van der Waals surface area (Å²) in [6.07, 6.45) is 7.97. The van der Waals surface area contributed by atoms with E-state index in [0.717, 1.165) is 58.0 Å². The van der Waals surface area contributed by atoms with Gasteiger partial charge in [-0.3, -0.25) is 9.59 Å². The van der Waals surface area contributed by atoms with Crippen molar-refractivity contribution >= 4 is 11.8 Å². The summed E-state index contributed by atoms with van der Waals surface area (Å²) in [7, 11) is 0. The molecule has 2 saturated heterocycles. The van der Waals surface area contributed by atoms with Gasteiger partial charge in [-0.05, 0) is 80.5 Å². The molecule has 0 radical (unpaired) electrons. The lowest BCUT2D eigenvalue weighted by Crippen LogP contribution is -2.53. The van der Waals surface area contributed by atoms with Gasteiger partial charge in [-0.15, -0.1) is 0 Å². The first-order valence-electron chi connectivity index (χ1n) is 14.2. The third kappa shape index (κ3) is 4.01. The average molecular weight is 491 g/mol. The molecule has 2 aliphatic heterocycles. The van der Waals surface area contributed by atoms with Crippen LogP contribution in [0.25, 0.3) is 0 Å². The molecule has 6 nitrogen and oxygen atoms in total. The van der Waals surface area contributed by atoms with Crippen LogP contribution in [0.4, 0.5) is 0 Å². The van der Waals surface area contributed by atoms with E-state index in [4.69, 9.17) is 14.2 Å². The highest BCUT2D eigenvalue weighted by atomic mass is 16.7. The quantitative estimate of drug-likeness (QED) is 0.564. The average Bonchev–Trinajstić information content (AvgIpc) is 3.23. The van der Waals surface area contributed by atoms with E-state index in [1.54, 1.807) is 0 Å². The van der Waals surface area contributed by atoms with Crippen LogP contribution in [0.1, 0.15) is 92.4 Å². The Morgan fingerprint density at radius 1 is 1.11 bits per heavy atom. The van der Waals surface area contributed by atoms with Crippen LogP contribution in [0.3, 0.4) is 0 Å². The predicted molar refractivity (Wildman–Crippen MR) is 131 cm³/mol. The van der Waals surface area contributed by atoms with Gasteiger partial charge in [-0.2, -0.15) is 0 Å². The lowest BCUT2D eigenvalue weighted by atomic mass is 9.52. The fourth-order valence-electron chi connectivity index (χ4n) is 9.33. The number of aliphatic hydroxyl groups excluding tert-OH is 1. The topological polar surface area (TPSA) is 82.1 Å². The van der Waals surface area contributed by atoms with Crippen LogP contribution in [-0.4, -0.2) is 48.1 Å². The molecule has 0 amide bonds. The van der Waals surface area contributed by atoms with E-state index >= 15 is 0 Å². The Kier molecular flexibility index (Phi) is 6.67. The van der Waals surface area contributed by atoms with Crippen molar-refractivity contribution in [3.05, 3.63) is 0 Å². The first-order chi connectivity index (χ1) is 16.5. The molecule has 5 rings (SSSR count). The molecule has 0 aromatic heterocycles. The molecule has 198 valence electrons. The Balaban J connectivity index is 1.36. The molecule has 0 aromatic rings. The van der Waals surface area contributed by atoms with Gasteiger partial charge in [0, 0.05) is 37.2 Å². The Morgan fingerprint density at radius 2 is 1.89 bits per heavy atom. The van der Waals surface area contributed by atoms with Gasteiger partial charge in [0.25, 0.3) is 0 Å². The molecule has 2 heterocycles. The number of carbonyl (C=O) groups excluding carboxylic acids is 2. The predicted octanol–water partition coefficient (Wildman–Crippen LogP) is 4.91. The van der Waals surface area contributed by atoms with Crippen molar-refractivity contribution < 1.29 is 28.9 Å². The minimum Gasteiger partial charge on any atom is -0.463 e. The number of Topliss-reactive ketones (excluding diaryl/α,β-unsaturated/α-hetero) is 1. The first kappa shape index (κ1) is 25.7. The second-order valence-corrected chi connectivity index (χ2v) is 13.2. The Morgan fingerprint density at radius 3 is 2.54 bits per heavy atom. The lowest BCUT2D eigenvalue weighted by molar-refractivity contribution is -0.272. The monoisotopic (exact) mass is 490 g/mol. The number of ether oxygens (including phenoxy) is 3. The standard InChI is InChI=1S/C29H46O6/c1-17-8-11-29(33-16-17)18(2)25-24(35-29)15-23(28(25,5)12-13-30)22-7-6-20-14-21(34-19(3)31)9-10-27(20,4)26(22)32/h17-18,20-25,30H,6-16H2,1-5H3/t17-,18+,20+,21+,22+,23+,24+,25+,27+,28+,29-/m1/s1. The lowest BCUT2D eigenvalue weighted by Gasteiger charge is -2.52. The van der Waals surface area contributed by atoms with Crippen molar-refractivity contribution in [2.24, 2.45) is 46.3 Å². The van der Waals surface area contributed by atoms with Gasteiger partial charge in [0.2, 0.25) is 0 Å². The molecule has 5 aliphatic rings. The zero-order valence-electron chi connectivity index (χ0n) is 22.4. The van der Waals surface area contributed by atoms with Gasteiger partial charge < -0.3 is 19.3 Å². The highest BCUT2D eigenvalue weighted by Crippen LogP contribution is 2.66. The van der Waals surface area contributed by atoms with Crippen LogP contribution >= 0.6 is 0 Å². The fraction of sp³-hybridized carbons (Fsp3) is 0.931. The largest absolute Gasteiger partial charge is 0.463 e. The molecule has 3 saturated carbocycles. The summed E-state index contributed by atoms with van der Waals surface area (Å²) in [5, 5.41) is 10.2. The van der Waals surface area contributed by atoms with Crippen LogP contribution in [0.2, 0.25) is 0 Å². The molecular weight excluding hydrogens is 444 g/mol. The van der Waals surface area contributed by atoms with Crippen LogP contribution in [-0.2, 0) is 23.8 Å². The number of hydrogen-bond acceptors (Lipinski definition) is 6. The number of carbonyl (C=O) groups is 2. The van der Waals surface area contributed by atoms with Crippen molar-refractivity contribution in [1.29, 1.82) is 0 Å². The van der Waals surface area contributed by atoms with Crippen molar-refractivity contribution in [3.8, 4) is 0 Å². The Labute approximate surface area is 210 Å². The molecule has 0 bridgehead atoms. The SMILES string of the molecule is CC(=O)O[C@H]1CC[C@]2(C)C(=O)[C@H]([C@@H]3C[C@@H]4O[C@]5(CC[C@@H](C)CO5)[C@@H](C)[C@@H]4[C@@]3(C)CCO)CC[C@H]2C1. The normalized spacial score (nSPS) is 51.8. The molecular formula is C29H46O6. The summed E-state index contributed by atoms with van der Waals surface area (Å²) >= 11 is 0. The summed E-state index contributed by atoms with van der Waals surface area (Å²) in [6.45, 7) is 11.4. The van der Waals surface area contributed by atoms with Crippen molar-refractivity contribution in [1.82, 2.24) is 0 Å². The second-order valence-electron chi connectivity index (χ2n) is 13.2. The van der Waals surface area contributed by atoms with Crippen molar-refractivity contribution in [2.75, 3.05) is 13.2 Å². The molecule has 0 aromatic carbocycles. The molecule has 3 aliphatic carbocycles. The van der Waals surface area contributed by atoms with Gasteiger partial charge in [-0.1, -0.05) is 27.7 Å². The zero-order valence-corrected chi connectivity index (χ0v) is 22.4. The van der Waals surface area contributed by atoms with Crippen LogP contribution in [0.5, 0.6) is 0 Å². The smallest absolute Gasteiger partial charge is 0.302 e. The van der Waals surface area contributed by atoms with E-state index in [1.807, 2.05) is 0 Å². The number of esters is 1. The van der Waals surface area contributed by atoms with Gasteiger partial charge in [0.1, 0.15) is 11.9 Å². The van der Waals surface area contributed by atoms with E-state index in [-0.39, 0.29) is 59.3 Å². The molecule has 1 spiro atoms. The summed E-state index contributed by atoms with van der Waals surface area (Å²) in [4.78, 5) is 25.7. The highest BCUT2D eigenvalue weighted by Gasteiger charge is 2.67. The van der Waals surface area contributed by atoms with Gasteiger partial charge >= 0.3 is 5.97 Å². The van der Waals surface area contributed by atoms with Gasteiger partial charge in [-0.25, -0.2) is 0 Å². The zero-order chi connectivity index (χ0) is 25.2. The van der Waals surface area contributed by atoms with Crippen LogP contribution in [0, 0.1) is 46.3 Å². The third-order valence-electron chi connectivity index (χ3n) is 11.3. The molecule has 5 fully saturated rings.